The number of hydrogen-bond acceptors (Lipinski definition) is 5. The molecule has 9 heteroatoms. The number of aromatic nitrogens is 6. The molecule has 3 aromatic rings. The van der Waals surface area contributed by atoms with Gasteiger partial charge in [0.1, 0.15) is 5.82 Å². The molecule has 2 aromatic heterocycles. The average Bonchev–Trinajstić information content (AvgIpc) is 3.04. The lowest BCUT2D eigenvalue weighted by atomic mass is 10.2. The molecule has 0 radical (unpaired) electrons. The molecule has 0 saturated carbocycles. The lowest BCUT2D eigenvalue weighted by molar-refractivity contribution is 0.853. The third-order valence-electron chi connectivity index (χ3n) is 2.88. The number of aromatic amines is 2. The molecular weight excluding hydrogens is 312 g/mol. The van der Waals surface area contributed by atoms with E-state index in [1.807, 2.05) is 35.9 Å². The largest absolute Gasteiger partial charge is 0.341 e. The van der Waals surface area contributed by atoms with E-state index in [1.54, 1.807) is 0 Å². The van der Waals surface area contributed by atoms with Crippen molar-refractivity contribution in [3.05, 3.63) is 45.6 Å². The molecule has 0 aliphatic rings. The molecule has 0 amide bonds. The van der Waals surface area contributed by atoms with Gasteiger partial charge in [-0.3, -0.25) is 4.98 Å². The number of nitrogens with one attached hydrogen (secondary N) is 2. The zero-order valence-corrected chi connectivity index (χ0v) is 12.6. The Hall–Kier alpha value is -2.06. The maximum atomic E-state index is 11.0. The van der Waals surface area contributed by atoms with Crippen molar-refractivity contribution in [2.24, 2.45) is 7.05 Å². The summed E-state index contributed by atoms with van der Waals surface area (Å²) in [6.45, 7) is 0. The standard InChI is InChI=1S/C12H11ClN6OS/c1-19-9(6-21-12-14-11(20)17-18-12)15-16-10(19)7-2-4-8(13)5-3-7/h2-5H,6H2,1H3,(H2,14,17,18,20). The summed E-state index contributed by atoms with van der Waals surface area (Å²) in [5.74, 6) is 2.10. The number of halogens is 1. The van der Waals surface area contributed by atoms with Gasteiger partial charge in [0.2, 0.25) is 0 Å². The summed E-state index contributed by atoms with van der Waals surface area (Å²) in [5.41, 5.74) is 0.621. The van der Waals surface area contributed by atoms with E-state index in [0.29, 0.717) is 15.9 Å². The lowest BCUT2D eigenvalue weighted by Gasteiger charge is -2.03. The van der Waals surface area contributed by atoms with Crippen LogP contribution in [-0.2, 0) is 12.8 Å². The third-order valence-corrected chi connectivity index (χ3v) is 4.01. The molecule has 2 heterocycles. The van der Waals surface area contributed by atoms with Crippen molar-refractivity contribution in [3.8, 4) is 11.4 Å². The molecule has 0 saturated heterocycles. The molecule has 21 heavy (non-hydrogen) atoms. The second kappa shape index (κ2) is 5.74. The molecule has 7 nitrogen and oxygen atoms in total. The van der Waals surface area contributed by atoms with Gasteiger partial charge in [0, 0.05) is 17.6 Å². The number of thioether (sulfide) groups is 1. The Kier molecular flexibility index (Phi) is 3.80. The van der Waals surface area contributed by atoms with Crippen LogP contribution in [0.4, 0.5) is 0 Å². The van der Waals surface area contributed by atoms with E-state index in [-0.39, 0.29) is 5.69 Å². The van der Waals surface area contributed by atoms with Gasteiger partial charge in [-0.15, -0.1) is 15.3 Å². The number of H-pyrrole nitrogens is 2. The minimum absolute atomic E-state index is 0.322. The first-order chi connectivity index (χ1) is 10.1. The monoisotopic (exact) mass is 322 g/mol. The molecule has 0 spiro atoms. The first-order valence-corrected chi connectivity index (χ1v) is 7.41. The normalized spacial score (nSPS) is 11.0. The second-order valence-electron chi connectivity index (χ2n) is 4.28. The highest BCUT2D eigenvalue weighted by Crippen LogP contribution is 2.22. The molecule has 0 atom stereocenters. The van der Waals surface area contributed by atoms with E-state index >= 15 is 0 Å². The Morgan fingerprint density at radius 3 is 2.71 bits per heavy atom. The molecule has 0 aliphatic heterocycles. The number of rotatable bonds is 4. The molecule has 0 aliphatic carbocycles. The molecule has 3 rings (SSSR count). The van der Waals surface area contributed by atoms with Crippen LogP contribution in [0.5, 0.6) is 0 Å². The Morgan fingerprint density at radius 2 is 2.05 bits per heavy atom. The van der Waals surface area contributed by atoms with Gasteiger partial charge in [0.05, 0.1) is 5.75 Å². The van der Waals surface area contributed by atoms with Crippen LogP contribution in [0.3, 0.4) is 0 Å². The zero-order valence-electron chi connectivity index (χ0n) is 11.0. The van der Waals surface area contributed by atoms with Crippen LogP contribution in [-0.4, -0.2) is 29.9 Å². The minimum atomic E-state index is -0.322. The predicted molar refractivity (Wildman–Crippen MR) is 80.2 cm³/mol. The molecule has 108 valence electrons. The smallest absolute Gasteiger partial charge is 0.313 e. The lowest BCUT2D eigenvalue weighted by Crippen LogP contribution is -2.00. The fourth-order valence-electron chi connectivity index (χ4n) is 1.79. The molecular formula is C12H11ClN6OS. The Balaban J connectivity index is 1.79. The van der Waals surface area contributed by atoms with Gasteiger partial charge in [-0.1, -0.05) is 23.4 Å². The Labute approximate surface area is 128 Å². The van der Waals surface area contributed by atoms with Crippen LogP contribution in [0.2, 0.25) is 5.02 Å². The van der Waals surface area contributed by atoms with Crippen molar-refractivity contribution >= 4 is 23.4 Å². The molecule has 2 N–H and O–H groups in total. The van der Waals surface area contributed by atoms with E-state index in [1.165, 1.54) is 11.8 Å². The maximum Gasteiger partial charge on any atom is 0.341 e. The van der Waals surface area contributed by atoms with Crippen molar-refractivity contribution in [3.63, 3.8) is 0 Å². The van der Waals surface area contributed by atoms with Crippen LogP contribution in [0.15, 0.2) is 34.2 Å². The third kappa shape index (κ3) is 3.01. The van der Waals surface area contributed by atoms with Gasteiger partial charge in [-0.25, -0.2) is 9.89 Å². The second-order valence-corrected chi connectivity index (χ2v) is 5.68. The van der Waals surface area contributed by atoms with Gasteiger partial charge >= 0.3 is 5.69 Å². The number of hydrogen-bond donors (Lipinski definition) is 2. The quantitative estimate of drug-likeness (QED) is 0.715. The van der Waals surface area contributed by atoms with E-state index in [0.717, 1.165) is 17.2 Å². The van der Waals surface area contributed by atoms with Gasteiger partial charge in [0.15, 0.2) is 11.0 Å². The van der Waals surface area contributed by atoms with Crippen LogP contribution < -0.4 is 5.69 Å². The molecule has 1 aromatic carbocycles. The number of nitrogens with zero attached hydrogens (tertiary/aromatic N) is 4. The van der Waals surface area contributed by atoms with Gasteiger partial charge in [-0.2, -0.15) is 0 Å². The van der Waals surface area contributed by atoms with E-state index < -0.39 is 0 Å². The maximum absolute atomic E-state index is 11.0. The van der Waals surface area contributed by atoms with Crippen molar-refractivity contribution in [2.75, 3.05) is 0 Å². The van der Waals surface area contributed by atoms with Gasteiger partial charge in [-0.05, 0) is 24.3 Å². The summed E-state index contributed by atoms with van der Waals surface area (Å²) in [7, 11) is 1.90. The number of benzene rings is 1. The summed E-state index contributed by atoms with van der Waals surface area (Å²) in [5, 5.41) is 15.7. The van der Waals surface area contributed by atoms with E-state index in [2.05, 4.69) is 25.4 Å². The zero-order chi connectivity index (χ0) is 14.8. The van der Waals surface area contributed by atoms with Gasteiger partial charge < -0.3 is 4.57 Å². The first-order valence-electron chi connectivity index (χ1n) is 6.05. The topological polar surface area (TPSA) is 92.2 Å². The highest BCUT2D eigenvalue weighted by molar-refractivity contribution is 7.98. The summed E-state index contributed by atoms with van der Waals surface area (Å²) in [4.78, 5) is 13.5. The minimum Gasteiger partial charge on any atom is -0.313 e. The van der Waals surface area contributed by atoms with Crippen LogP contribution in [0, 0.1) is 0 Å². The molecule has 0 unspecified atom stereocenters. The fourth-order valence-corrected chi connectivity index (χ4v) is 2.71. The van der Waals surface area contributed by atoms with Crippen molar-refractivity contribution < 1.29 is 0 Å². The van der Waals surface area contributed by atoms with Crippen molar-refractivity contribution in [2.45, 2.75) is 10.9 Å². The van der Waals surface area contributed by atoms with E-state index in [9.17, 15) is 4.79 Å². The fraction of sp³-hybridized carbons (Fsp3) is 0.167. The Bertz CT molecular complexity index is 806. The van der Waals surface area contributed by atoms with Crippen molar-refractivity contribution in [1.29, 1.82) is 0 Å². The summed E-state index contributed by atoms with van der Waals surface area (Å²) < 4.78 is 1.90. The molecule has 0 bridgehead atoms. The predicted octanol–water partition coefficient (Wildman–Crippen LogP) is 1.84. The van der Waals surface area contributed by atoms with Crippen LogP contribution in [0.25, 0.3) is 11.4 Å². The summed E-state index contributed by atoms with van der Waals surface area (Å²) in [6, 6.07) is 7.42. The Morgan fingerprint density at radius 1 is 1.29 bits per heavy atom. The molecule has 0 fully saturated rings. The summed E-state index contributed by atoms with van der Waals surface area (Å²) in [6.07, 6.45) is 0. The SMILES string of the molecule is Cn1c(CSc2n[nH]c(=O)[nH]2)nnc1-c1ccc(Cl)cc1. The van der Waals surface area contributed by atoms with E-state index in [4.69, 9.17) is 11.6 Å². The summed E-state index contributed by atoms with van der Waals surface area (Å²) >= 11 is 7.26. The van der Waals surface area contributed by atoms with Crippen molar-refractivity contribution in [1.82, 2.24) is 29.9 Å². The highest BCUT2D eigenvalue weighted by Gasteiger charge is 2.11. The highest BCUT2D eigenvalue weighted by atomic mass is 35.5. The van der Waals surface area contributed by atoms with Crippen LogP contribution >= 0.6 is 23.4 Å². The van der Waals surface area contributed by atoms with Gasteiger partial charge in [0.25, 0.3) is 0 Å². The average molecular weight is 323 g/mol. The van der Waals surface area contributed by atoms with Crippen LogP contribution in [0.1, 0.15) is 5.82 Å². The first kappa shape index (κ1) is 13.9.